The first kappa shape index (κ1) is 16.7. The molecule has 0 aliphatic heterocycles. The van der Waals surface area contributed by atoms with Crippen LogP contribution < -0.4 is 5.32 Å². The molecule has 0 bridgehead atoms. The van der Waals surface area contributed by atoms with E-state index >= 15 is 0 Å². The highest BCUT2D eigenvalue weighted by molar-refractivity contribution is 7.17. The lowest BCUT2D eigenvalue weighted by Crippen LogP contribution is -2.28. The van der Waals surface area contributed by atoms with Gasteiger partial charge in [0.05, 0.1) is 16.5 Å². The summed E-state index contributed by atoms with van der Waals surface area (Å²) in [6.45, 7) is 1.34. The highest BCUT2D eigenvalue weighted by Crippen LogP contribution is 2.25. The molecule has 4 aromatic rings. The van der Waals surface area contributed by atoms with E-state index in [1.807, 2.05) is 36.4 Å². The molecule has 3 aromatic heterocycles. The van der Waals surface area contributed by atoms with Crippen LogP contribution >= 0.6 is 11.3 Å². The molecule has 0 spiro atoms. The van der Waals surface area contributed by atoms with E-state index in [1.54, 1.807) is 17.6 Å². The van der Waals surface area contributed by atoms with E-state index in [1.165, 1.54) is 5.56 Å². The third-order valence-corrected chi connectivity index (χ3v) is 5.31. The van der Waals surface area contributed by atoms with Crippen LogP contribution in [0.2, 0.25) is 0 Å². The average molecular weight is 364 g/mol. The second-order valence-corrected chi connectivity index (χ2v) is 7.12. The summed E-state index contributed by atoms with van der Waals surface area (Å²) in [4.78, 5) is 12.7. The van der Waals surface area contributed by atoms with E-state index in [0.29, 0.717) is 13.0 Å². The van der Waals surface area contributed by atoms with Crippen LogP contribution in [-0.2, 0) is 19.4 Å². The molecular formula is C21H20N2O2S. The Morgan fingerprint density at radius 1 is 1.08 bits per heavy atom. The van der Waals surface area contributed by atoms with Gasteiger partial charge in [0.25, 0.3) is 5.91 Å². The molecule has 4 nitrogen and oxygen atoms in total. The maximum absolute atomic E-state index is 12.7. The number of nitrogens with zero attached hydrogens (tertiary/aromatic N) is 1. The maximum Gasteiger partial charge on any atom is 0.267 e. The second kappa shape index (κ2) is 7.62. The van der Waals surface area contributed by atoms with E-state index in [0.717, 1.165) is 34.6 Å². The molecular weight excluding hydrogens is 344 g/mol. The van der Waals surface area contributed by atoms with Gasteiger partial charge in [-0.2, -0.15) is 0 Å². The molecule has 0 saturated carbocycles. The topological polar surface area (TPSA) is 47.2 Å². The van der Waals surface area contributed by atoms with Crippen LogP contribution in [0, 0.1) is 0 Å². The standard InChI is InChI=1S/C21H20N2O2S/c24-21(22-11-8-17-7-4-13-25-17)19-15-20-18(10-14-26-20)23(19)12-9-16-5-2-1-3-6-16/h1-7,10,13-15H,8-9,11-12H2,(H,22,24). The van der Waals surface area contributed by atoms with E-state index in [-0.39, 0.29) is 5.91 Å². The number of furan rings is 1. The normalized spacial score (nSPS) is 11.1. The minimum absolute atomic E-state index is 0.0342. The molecule has 1 aromatic carbocycles. The van der Waals surface area contributed by atoms with Gasteiger partial charge >= 0.3 is 0 Å². The predicted molar refractivity (Wildman–Crippen MR) is 105 cm³/mol. The number of aromatic nitrogens is 1. The molecule has 5 heteroatoms. The van der Waals surface area contributed by atoms with Crippen molar-refractivity contribution in [1.82, 2.24) is 9.88 Å². The van der Waals surface area contributed by atoms with Crippen LogP contribution in [-0.4, -0.2) is 17.0 Å². The highest BCUT2D eigenvalue weighted by atomic mass is 32.1. The van der Waals surface area contributed by atoms with Crippen molar-refractivity contribution in [2.45, 2.75) is 19.4 Å². The molecule has 0 atom stereocenters. The zero-order valence-electron chi connectivity index (χ0n) is 14.4. The van der Waals surface area contributed by atoms with Gasteiger partial charge in [-0.05, 0) is 41.6 Å². The van der Waals surface area contributed by atoms with Gasteiger partial charge in [0.15, 0.2) is 0 Å². The first-order chi connectivity index (χ1) is 12.8. The van der Waals surface area contributed by atoms with Crippen molar-refractivity contribution in [2.24, 2.45) is 0 Å². The largest absolute Gasteiger partial charge is 0.469 e. The number of hydrogen-bond acceptors (Lipinski definition) is 3. The molecule has 0 aliphatic carbocycles. The van der Waals surface area contributed by atoms with Crippen LogP contribution in [0.25, 0.3) is 10.2 Å². The van der Waals surface area contributed by atoms with Crippen molar-refractivity contribution < 1.29 is 9.21 Å². The molecule has 0 radical (unpaired) electrons. The minimum atomic E-state index is -0.0342. The first-order valence-corrected chi connectivity index (χ1v) is 9.60. The van der Waals surface area contributed by atoms with Gasteiger partial charge in [-0.1, -0.05) is 30.3 Å². The molecule has 0 aliphatic rings. The lowest BCUT2D eigenvalue weighted by molar-refractivity contribution is 0.0945. The maximum atomic E-state index is 12.7. The van der Waals surface area contributed by atoms with Crippen molar-refractivity contribution in [3.63, 3.8) is 0 Å². The van der Waals surface area contributed by atoms with Crippen LogP contribution in [0.4, 0.5) is 0 Å². The number of carbonyl (C=O) groups is 1. The Hall–Kier alpha value is -2.79. The van der Waals surface area contributed by atoms with E-state index in [4.69, 9.17) is 4.42 Å². The van der Waals surface area contributed by atoms with Gasteiger partial charge < -0.3 is 14.3 Å². The van der Waals surface area contributed by atoms with Crippen molar-refractivity contribution in [3.05, 3.63) is 83.3 Å². The SMILES string of the molecule is O=C(NCCc1ccco1)c1cc2sccc2n1CCc1ccccc1. The van der Waals surface area contributed by atoms with Gasteiger partial charge in [0, 0.05) is 19.5 Å². The van der Waals surface area contributed by atoms with E-state index in [9.17, 15) is 4.79 Å². The molecule has 0 fully saturated rings. The predicted octanol–water partition coefficient (Wildman–Crippen LogP) is 4.51. The van der Waals surface area contributed by atoms with E-state index in [2.05, 4.69) is 33.5 Å². The summed E-state index contributed by atoms with van der Waals surface area (Å²) in [5, 5.41) is 5.08. The van der Waals surface area contributed by atoms with Gasteiger partial charge in [0.1, 0.15) is 11.5 Å². The first-order valence-electron chi connectivity index (χ1n) is 8.72. The Balaban J connectivity index is 1.48. The van der Waals surface area contributed by atoms with Crippen molar-refractivity contribution in [1.29, 1.82) is 0 Å². The fourth-order valence-corrected chi connectivity index (χ4v) is 3.96. The van der Waals surface area contributed by atoms with Crippen LogP contribution in [0.5, 0.6) is 0 Å². The Morgan fingerprint density at radius 2 is 1.96 bits per heavy atom. The molecule has 4 rings (SSSR count). The van der Waals surface area contributed by atoms with Crippen molar-refractivity contribution >= 4 is 27.5 Å². The molecule has 0 saturated heterocycles. The number of carbonyl (C=O) groups excluding carboxylic acids is 1. The Kier molecular flexibility index (Phi) is 4.88. The molecule has 26 heavy (non-hydrogen) atoms. The summed E-state index contributed by atoms with van der Waals surface area (Å²) in [6.07, 6.45) is 3.24. The van der Waals surface area contributed by atoms with Gasteiger partial charge in [-0.3, -0.25) is 4.79 Å². The average Bonchev–Trinajstić information content (AvgIpc) is 3.38. The van der Waals surface area contributed by atoms with Crippen LogP contribution in [0.15, 0.2) is 70.7 Å². The van der Waals surface area contributed by atoms with Gasteiger partial charge in [-0.25, -0.2) is 0 Å². The number of thiophene rings is 1. The fourth-order valence-electron chi connectivity index (χ4n) is 3.14. The second-order valence-electron chi connectivity index (χ2n) is 6.17. The Bertz CT molecular complexity index is 984. The Morgan fingerprint density at radius 3 is 2.77 bits per heavy atom. The monoisotopic (exact) mass is 364 g/mol. The number of benzene rings is 1. The van der Waals surface area contributed by atoms with E-state index < -0.39 is 0 Å². The fraction of sp³-hybridized carbons (Fsp3) is 0.190. The lowest BCUT2D eigenvalue weighted by Gasteiger charge is -2.11. The summed E-state index contributed by atoms with van der Waals surface area (Å²) in [5.41, 5.74) is 3.12. The zero-order valence-corrected chi connectivity index (χ0v) is 15.2. The molecule has 0 unspecified atom stereocenters. The summed E-state index contributed by atoms with van der Waals surface area (Å²) < 4.78 is 8.59. The number of aryl methyl sites for hydroxylation is 2. The summed E-state index contributed by atoms with van der Waals surface area (Å²) >= 11 is 1.67. The Labute approximate surface area is 156 Å². The smallest absolute Gasteiger partial charge is 0.267 e. The number of amides is 1. The van der Waals surface area contributed by atoms with Crippen LogP contribution in [0.1, 0.15) is 21.8 Å². The number of fused-ring (bicyclic) bond motifs is 1. The summed E-state index contributed by atoms with van der Waals surface area (Å²) in [6, 6.07) is 18.2. The summed E-state index contributed by atoms with van der Waals surface area (Å²) in [5.74, 6) is 0.846. The van der Waals surface area contributed by atoms with Gasteiger partial charge in [0.2, 0.25) is 0 Å². The minimum Gasteiger partial charge on any atom is -0.469 e. The van der Waals surface area contributed by atoms with Gasteiger partial charge in [-0.15, -0.1) is 11.3 Å². The lowest BCUT2D eigenvalue weighted by atomic mass is 10.1. The molecule has 1 amide bonds. The zero-order chi connectivity index (χ0) is 17.8. The van der Waals surface area contributed by atoms with Crippen molar-refractivity contribution in [2.75, 3.05) is 6.54 Å². The highest BCUT2D eigenvalue weighted by Gasteiger charge is 2.16. The van der Waals surface area contributed by atoms with Crippen molar-refractivity contribution in [3.8, 4) is 0 Å². The molecule has 3 heterocycles. The number of nitrogens with one attached hydrogen (secondary N) is 1. The quantitative estimate of drug-likeness (QED) is 0.524. The summed E-state index contributed by atoms with van der Waals surface area (Å²) in [7, 11) is 0. The molecule has 1 N–H and O–H groups in total. The third-order valence-electron chi connectivity index (χ3n) is 4.46. The molecule has 132 valence electrons. The van der Waals surface area contributed by atoms with Crippen LogP contribution in [0.3, 0.4) is 0 Å². The number of hydrogen-bond donors (Lipinski definition) is 1. The number of rotatable bonds is 7. The third kappa shape index (κ3) is 3.58.